The number of halogens is 1. The molecule has 3 rings (SSSR count). The van der Waals surface area contributed by atoms with Crippen LogP contribution in [0, 0.1) is 6.92 Å². The first-order chi connectivity index (χ1) is 12.7. The molecule has 2 aliphatic heterocycles. The summed E-state index contributed by atoms with van der Waals surface area (Å²) in [6.45, 7) is 10.6. The third kappa shape index (κ3) is 6.51. The van der Waals surface area contributed by atoms with Crippen molar-refractivity contribution in [1.29, 1.82) is 0 Å². The number of morpholine rings is 1. The van der Waals surface area contributed by atoms with E-state index < -0.39 is 0 Å². The first-order valence-corrected chi connectivity index (χ1v) is 10.9. The molecular formula is C20H33IN4OS. The second-order valence-corrected chi connectivity index (χ2v) is 8.27. The molecule has 0 aromatic heterocycles. The Balaban J connectivity index is 0.00000261. The van der Waals surface area contributed by atoms with Gasteiger partial charge in [0, 0.05) is 37.5 Å². The summed E-state index contributed by atoms with van der Waals surface area (Å²) in [6.07, 6.45) is 1.24. The normalized spacial score (nSPS) is 23.7. The molecule has 0 amide bonds. The molecule has 2 fully saturated rings. The number of rotatable bonds is 6. The lowest BCUT2D eigenvalue weighted by Crippen LogP contribution is -2.60. The zero-order valence-electron chi connectivity index (χ0n) is 16.5. The Morgan fingerprint density at radius 3 is 2.78 bits per heavy atom. The fourth-order valence-electron chi connectivity index (χ4n) is 3.71. The molecular weight excluding hydrogens is 471 g/mol. The van der Waals surface area contributed by atoms with Crippen molar-refractivity contribution in [1.82, 2.24) is 15.5 Å². The van der Waals surface area contributed by atoms with E-state index in [9.17, 15) is 0 Å². The van der Waals surface area contributed by atoms with E-state index >= 15 is 0 Å². The van der Waals surface area contributed by atoms with Crippen LogP contribution < -0.4 is 10.6 Å². The van der Waals surface area contributed by atoms with Crippen LogP contribution >= 0.6 is 35.7 Å². The summed E-state index contributed by atoms with van der Waals surface area (Å²) < 4.78 is 5.56. The average molecular weight is 504 g/mol. The zero-order valence-corrected chi connectivity index (χ0v) is 19.6. The molecule has 1 unspecified atom stereocenters. The summed E-state index contributed by atoms with van der Waals surface area (Å²) in [7, 11) is 0. The topological polar surface area (TPSA) is 48.9 Å². The van der Waals surface area contributed by atoms with Gasteiger partial charge in [-0.25, -0.2) is 4.99 Å². The molecule has 2 N–H and O–H groups in total. The quantitative estimate of drug-likeness (QED) is 0.355. The van der Waals surface area contributed by atoms with E-state index in [4.69, 9.17) is 9.73 Å². The van der Waals surface area contributed by atoms with E-state index in [-0.39, 0.29) is 29.5 Å². The summed E-state index contributed by atoms with van der Waals surface area (Å²) in [5, 5.41) is 7.03. The highest BCUT2D eigenvalue weighted by Crippen LogP contribution is 2.33. The van der Waals surface area contributed by atoms with Gasteiger partial charge in [0.05, 0.1) is 19.8 Å². The molecule has 0 bridgehead atoms. The van der Waals surface area contributed by atoms with Crippen molar-refractivity contribution < 1.29 is 4.74 Å². The molecule has 2 heterocycles. The van der Waals surface area contributed by atoms with Crippen LogP contribution in [-0.4, -0.2) is 67.3 Å². The van der Waals surface area contributed by atoms with Crippen molar-refractivity contribution in [2.75, 3.05) is 50.9 Å². The van der Waals surface area contributed by atoms with Crippen molar-refractivity contribution in [3.63, 3.8) is 0 Å². The van der Waals surface area contributed by atoms with Crippen molar-refractivity contribution in [2.45, 2.75) is 32.4 Å². The number of guanidine groups is 1. The summed E-state index contributed by atoms with van der Waals surface area (Å²) in [4.78, 5) is 7.44. The van der Waals surface area contributed by atoms with Gasteiger partial charge < -0.3 is 15.4 Å². The first kappa shape index (κ1) is 22.8. The molecule has 152 valence electrons. The van der Waals surface area contributed by atoms with Crippen LogP contribution in [0.25, 0.3) is 0 Å². The van der Waals surface area contributed by atoms with Gasteiger partial charge in [-0.1, -0.05) is 29.8 Å². The molecule has 1 aromatic rings. The van der Waals surface area contributed by atoms with Crippen LogP contribution in [0.1, 0.15) is 24.5 Å². The van der Waals surface area contributed by atoms with Gasteiger partial charge in [0.1, 0.15) is 0 Å². The van der Waals surface area contributed by atoms with Gasteiger partial charge in [-0.05, 0) is 31.6 Å². The number of thioether (sulfide) groups is 1. The van der Waals surface area contributed by atoms with Crippen LogP contribution in [-0.2, 0) is 11.3 Å². The summed E-state index contributed by atoms with van der Waals surface area (Å²) >= 11 is 2.07. The summed E-state index contributed by atoms with van der Waals surface area (Å²) in [5.41, 5.74) is 2.76. The Hall–Kier alpha value is -0.510. The van der Waals surface area contributed by atoms with Crippen LogP contribution in [0.3, 0.4) is 0 Å². The van der Waals surface area contributed by atoms with Gasteiger partial charge in [0.15, 0.2) is 5.96 Å². The Bertz CT molecular complexity index is 601. The van der Waals surface area contributed by atoms with Crippen LogP contribution in [0.4, 0.5) is 0 Å². The Labute approximate surface area is 185 Å². The number of ether oxygens (including phenoxy) is 1. The van der Waals surface area contributed by atoms with Crippen molar-refractivity contribution >= 4 is 41.7 Å². The molecule has 5 nitrogen and oxygen atoms in total. The maximum atomic E-state index is 5.56. The van der Waals surface area contributed by atoms with Gasteiger partial charge >= 0.3 is 0 Å². The molecule has 1 atom stereocenters. The maximum absolute atomic E-state index is 5.56. The van der Waals surface area contributed by atoms with Crippen LogP contribution in [0.15, 0.2) is 29.3 Å². The standard InChI is InChI=1S/C20H32N4OS.HI/c1-3-21-19(22-14-18-6-4-5-17(2)13-18)23-15-20(7-12-26-16-20)24-8-10-25-11-9-24;/h4-6,13H,3,7-12,14-16H2,1-2H3,(H2,21,22,23);1H. The highest BCUT2D eigenvalue weighted by molar-refractivity contribution is 14.0. The minimum Gasteiger partial charge on any atom is -0.379 e. The van der Waals surface area contributed by atoms with Crippen molar-refractivity contribution in [3.05, 3.63) is 35.4 Å². The smallest absolute Gasteiger partial charge is 0.191 e. The second kappa shape index (κ2) is 11.5. The number of hydrogen-bond acceptors (Lipinski definition) is 4. The highest BCUT2D eigenvalue weighted by Gasteiger charge is 2.40. The van der Waals surface area contributed by atoms with Gasteiger partial charge in [0.2, 0.25) is 0 Å². The monoisotopic (exact) mass is 504 g/mol. The predicted molar refractivity (Wildman–Crippen MR) is 126 cm³/mol. The second-order valence-electron chi connectivity index (χ2n) is 7.16. The van der Waals surface area contributed by atoms with E-state index in [1.165, 1.54) is 29.1 Å². The number of aryl methyl sites for hydroxylation is 1. The fourth-order valence-corrected chi connectivity index (χ4v) is 5.18. The minimum atomic E-state index is 0. The average Bonchev–Trinajstić information content (AvgIpc) is 3.15. The lowest BCUT2D eigenvalue weighted by molar-refractivity contribution is -0.0120. The molecule has 2 saturated heterocycles. The maximum Gasteiger partial charge on any atom is 0.191 e. The van der Waals surface area contributed by atoms with E-state index in [2.05, 4.69) is 65.4 Å². The number of nitrogens with zero attached hydrogens (tertiary/aromatic N) is 2. The SMILES string of the molecule is CCNC(=NCc1cccc(C)c1)NCC1(N2CCOCC2)CCSC1.I. The highest BCUT2D eigenvalue weighted by atomic mass is 127. The van der Waals surface area contributed by atoms with E-state index in [1.807, 2.05) is 0 Å². The molecule has 0 spiro atoms. The van der Waals surface area contributed by atoms with Crippen molar-refractivity contribution in [3.8, 4) is 0 Å². The predicted octanol–water partition coefficient (Wildman–Crippen LogP) is 2.88. The largest absolute Gasteiger partial charge is 0.379 e. The molecule has 0 aliphatic carbocycles. The zero-order chi connectivity index (χ0) is 18.2. The van der Waals surface area contributed by atoms with Crippen LogP contribution in [0.2, 0.25) is 0 Å². The van der Waals surface area contributed by atoms with Gasteiger partial charge in [-0.3, -0.25) is 4.90 Å². The lowest BCUT2D eigenvalue weighted by Gasteiger charge is -2.43. The van der Waals surface area contributed by atoms with Crippen LogP contribution in [0.5, 0.6) is 0 Å². The van der Waals surface area contributed by atoms with Crippen molar-refractivity contribution in [2.24, 2.45) is 4.99 Å². The molecule has 7 heteroatoms. The van der Waals surface area contributed by atoms with E-state index in [1.54, 1.807) is 0 Å². The lowest BCUT2D eigenvalue weighted by atomic mass is 9.95. The fraction of sp³-hybridized carbons (Fsp3) is 0.650. The molecule has 27 heavy (non-hydrogen) atoms. The molecule has 1 aromatic carbocycles. The number of benzene rings is 1. The molecule has 2 aliphatic rings. The summed E-state index contributed by atoms with van der Waals surface area (Å²) in [6, 6.07) is 8.57. The third-order valence-electron chi connectivity index (χ3n) is 5.20. The minimum absolute atomic E-state index is 0. The Morgan fingerprint density at radius 2 is 2.11 bits per heavy atom. The van der Waals surface area contributed by atoms with Gasteiger partial charge in [-0.15, -0.1) is 24.0 Å². The molecule has 0 saturated carbocycles. The Kier molecular flexibility index (Phi) is 9.69. The van der Waals surface area contributed by atoms with E-state index in [0.717, 1.165) is 45.4 Å². The van der Waals surface area contributed by atoms with Gasteiger partial charge in [0.25, 0.3) is 0 Å². The van der Waals surface area contributed by atoms with E-state index in [0.29, 0.717) is 6.54 Å². The molecule has 0 radical (unpaired) electrons. The first-order valence-electron chi connectivity index (χ1n) is 9.70. The summed E-state index contributed by atoms with van der Waals surface area (Å²) in [5.74, 6) is 3.35. The number of aliphatic imine (C=N–C) groups is 1. The van der Waals surface area contributed by atoms with Gasteiger partial charge in [-0.2, -0.15) is 11.8 Å². The Morgan fingerprint density at radius 1 is 1.30 bits per heavy atom. The number of hydrogen-bond donors (Lipinski definition) is 2. The number of nitrogens with one attached hydrogen (secondary N) is 2. The third-order valence-corrected chi connectivity index (χ3v) is 6.43.